The molecule has 0 amide bonds. The molecule has 2 rings (SSSR count). The summed E-state index contributed by atoms with van der Waals surface area (Å²) in [4.78, 5) is 9.54. The zero-order valence-corrected chi connectivity index (χ0v) is 6.60. The topological polar surface area (TPSA) is 27.7 Å². The van der Waals surface area contributed by atoms with Crippen molar-refractivity contribution in [1.82, 2.24) is 0 Å². The Morgan fingerprint density at radius 1 is 1.25 bits per heavy atom. The second-order valence-corrected chi connectivity index (χ2v) is 2.57. The Labute approximate surface area is 70.8 Å². The minimum absolute atomic E-state index is 0.243. The summed E-state index contributed by atoms with van der Waals surface area (Å²) >= 11 is 0. The largest absolute Gasteiger partial charge is 0.462 e. The average Bonchev–Trinajstić information content (AvgIpc) is 2.59. The maximum Gasteiger partial charge on any atom is 0.233 e. The van der Waals surface area contributed by atoms with Gasteiger partial charge in [0, 0.05) is 6.42 Å². The lowest BCUT2D eigenvalue weighted by molar-refractivity contribution is -0.310. The lowest BCUT2D eigenvalue weighted by atomic mass is 10.3. The van der Waals surface area contributed by atoms with Crippen LogP contribution in [-0.4, -0.2) is 12.9 Å². The van der Waals surface area contributed by atoms with Crippen LogP contribution >= 0.6 is 0 Å². The fourth-order valence-electron chi connectivity index (χ4n) is 1.05. The van der Waals surface area contributed by atoms with Crippen LogP contribution < -0.4 is 4.74 Å². The molecule has 1 saturated heterocycles. The maximum absolute atomic E-state index is 5.43. The van der Waals surface area contributed by atoms with Gasteiger partial charge in [-0.3, -0.25) is 0 Å². The molecule has 0 spiro atoms. The zero-order valence-electron chi connectivity index (χ0n) is 6.60. The SMILES string of the molecule is c1ccc(OC2CCOO2)cc1. The fraction of sp³-hybridized carbons (Fsp3) is 0.333. The van der Waals surface area contributed by atoms with Crippen LogP contribution in [0.4, 0.5) is 0 Å². The van der Waals surface area contributed by atoms with E-state index in [1.165, 1.54) is 0 Å². The van der Waals surface area contributed by atoms with E-state index in [0.717, 1.165) is 12.2 Å². The highest BCUT2D eigenvalue weighted by molar-refractivity contribution is 5.20. The predicted molar refractivity (Wildman–Crippen MR) is 42.5 cm³/mol. The molecule has 1 fully saturated rings. The van der Waals surface area contributed by atoms with Crippen LogP contribution in [0.25, 0.3) is 0 Å². The first-order chi connectivity index (χ1) is 5.95. The summed E-state index contributed by atoms with van der Waals surface area (Å²) in [6, 6.07) is 9.57. The van der Waals surface area contributed by atoms with Crippen molar-refractivity contribution in [1.29, 1.82) is 0 Å². The summed E-state index contributed by atoms with van der Waals surface area (Å²) in [5, 5.41) is 0. The number of hydrogen-bond acceptors (Lipinski definition) is 3. The van der Waals surface area contributed by atoms with Gasteiger partial charge in [-0.05, 0) is 12.1 Å². The molecular weight excluding hydrogens is 156 g/mol. The lowest BCUT2D eigenvalue weighted by Crippen LogP contribution is -2.13. The van der Waals surface area contributed by atoms with Crippen molar-refractivity contribution in [2.24, 2.45) is 0 Å². The standard InChI is InChI=1S/C9H10O3/c1-2-4-8(5-3-1)11-9-6-7-10-12-9/h1-5,9H,6-7H2. The Bertz CT molecular complexity index is 229. The first-order valence-electron chi connectivity index (χ1n) is 3.95. The molecular formula is C9H10O3. The summed E-state index contributed by atoms with van der Waals surface area (Å²) in [6.45, 7) is 0.609. The van der Waals surface area contributed by atoms with E-state index >= 15 is 0 Å². The molecule has 64 valence electrons. The van der Waals surface area contributed by atoms with E-state index in [0.29, 0.717) is 6.61 Å². The first-order valence-corrected chi connectivity index (χ1v) is 3.95. The second-order valence-electron chi connectivity index (χ2n) is 2.57. The third-order valence-electron chi connectivity index (χ3n) is 1.62. The van der Waals surface area contributed by atoms with Crippen molar-refractivity contribution in [2.45, 2.75) is 12.7 Å². The third-order valence-corrected chi connectivity index (χ3v) is 1.62. The van der Waals surface area contributed by atoms with Crippen molar-refractivity contribution >= 4 is 0 Å². The van der Waals surface area contributed by atoms with Crippen molar-refractivity contribution in [3.8, 4) is 5.75 Å². The molecule has 12 heavy (non-hydrogen) atoms. The van der Waals surface area contributed by atoms with Gasteiger partial charge in [0.05, 0.1) is 6.61 Å². The average molecular weight is 166 g/mol. The van der Waals surface area contributed by atoms with Gasteiger partial charge in [-0.1, -0.05) is 18.2 Å². The molecule has 0 saturated carbocycles. The molecule has 0 aromatic heterocycles. The van der Waals surface area contributed by atoms with Gasteiger partial charge < -0.3 is 4.74 Å². The predicted octanol–water partition coefficient (Wildman–Crippen LogP) is 1.74. The van der Waals surface area contributed by atoms with Gasteiger partial charge in [0.15, 0.2) is 0 Å². The monoisotopic (exact) mass is 166 g/mol. The Kier molecular flexibility index (Phi) is 2.25. The Balaban J connectivity index is 1.94. The Hall–Kier alpha value is -1.06. The van der Waals surface area contributed by atoms with Gasteiger partial charge in [0.25, 0.3) is 0 Å². The minimum Gasteiger partial charge on any atom is -0.462 e. The molecule has 1 aliphatic heterocycles. The molecule has 1 aromatic carbocycles. The molecule has 3 heteroatoms. The summed E-state index contributed by atoms with van der Waals surface area (Å²) in [6.07, 6.45) is 0.543. The number of ether oxygens (including phenoxy) is 1. The normalized spacial score (nSPS) is 22.5. The third kappa shape index (κ3) is 1.75. The highest BCUT2D eigenvalue weighted by Gasteiger charge is 2.18. The smallest absolute Gasteiger partial charge is 0.233 e. The van der Waals surface area contributed by atoms with Crippen molar-refractivity contribution < 1.29 is 14.5 Å². The zero-order chi connectivity index (χ0) is 8.23. The molecule has 1 unspecified atom stereocenters. The molecule has 1 aliphatic rings. The molecule has 3 nitrogen and oxygen atoms in total. The molecule has 0 bridgehead atoms. The van der Waals surface area contributed by atoms with Crippen LogP contribution in [0.5, 0.6) is 5.75 Å². The quantitative estimate of drug-likeness (QED) is 0.626. The van der Waals surface area contributed by atoms with Crippen LogP contribution in [0.2, 0.25) is 0 Å². The Morgan fingerprint density at radius 3 is 2.75 bits per heavy atom. The van der Waals surface area contributed by atoms with E-state index in [9.17, 15) is 0 Å². The maximum atomic E-state index is 5.43. The van der Waals surface area contributed by atoms with Gasteiger partial charge in [-0.15, -0.1) is 0 Å². The van der Waals surface area contributed by atoms with E-state index < -0.39 is 0 Å². The van der Waals surface area contributed by atoms with Crippen LogP contribution in [0.3, 0.4) is 0 Å². The molecule has 1 heterocycles. The van der Waals surface area contributed by atoms with Crippen molar-refractivity contribution in [3.63, 3.8) is 0 Å². The second kappa shape index (κ2) is 3.56. The summed E-state index contributed by atoms with van der Waals surface area (Å²) in [5.41, 5.74) is 0. The van der Waals surface area contributed by atoms with Crippen molar-refractivity contribution in [2.75, 3.05) is 6.61 Å². The van der Waals surface area contributed by atoms with Gasteiger partial charge >= 0.3 is 0 Å². The van der Waals surface area contributed by atoms with Crippen LogP contribution in [0.1, 0.15) is 6.42 Å². The van der Waals surface area contributed by atoms with Gasteiger partial charge in [0.2, 0.25) is 6.29 Å². The number of benzene rings is 1. The van der Waals surface area contributed by atoms with Crippen LogP contribution in [0, 0.1) is 0 Å². The summed E-state index contributed by atoms with van der Waals surface area (Å²) < 4.78 is 5.43. The number of hydrogen-bond donors (Lipinski definition) is 0. The van der Waals surface area contributed by atoms with E-state index in [-0.39, 0.29) is 6.29 Å². The van der Waals surface area contributed by atoms with E-state index in [1.54, 1.807) is 0 Å². The fourth-order valence-corrected chi connectivity index (χ4v) is 1.05. The van der Waals surface area contributed by atoms with Crippen molar-refractivity contribution in [3.05, 3.63) is 30.3 Å². The summed E-state index contributed by atoms with van der Waals surface area (Å²) in [5.74, 6) is 0.813. The summed E-state index contributed by atoms with van der Waals surface area (Å²) in [7, 11) is 0. The van der Waals surface area contributed by atoms with E-state index in [2.05, 4.69) is 0 Å². The molecule has 0 aliphatic carbocycles. The van der Waals surface area contributed by atoms with Crippen LogP contribution in [0.15, 0.2) is 30.3 Å². The highest BCUT2D eigenvalue weighted by Crippen LogP contribution is 2.16. The van der Waals surface area contributed by atoms with E-state index in [1.807, 2.05) is 30.3 Å². The first kappa shape index (κ1) is 7.58. The Morgan fingerprint density at radius 2 is 2.08 bits per heavy atom. The number of rotatable bonds is 2. The van der Waals surface area contributed by atoms with E-state index in [4.69, 9.17) is 14.5 Å². The van der Waals surface area contributed by atoms with Gasteiger partial charge in [-0.25, -0.2) is 4.89 Å². The minimum atomic E-state index is -0.243. The lowest BCUT2D eigenvalue weighted by Gasteiger charge is -2.09. The molecule has 0 radical (unpaired) electrons. The van der Waals surface area contributed by atoms with Gasteiger partial charge in [-0.2, -0.15) is 4.89 Å². The molecule has 1 aromatic rings. The highest BCUT2D eigenvalue weighted by atomic mass is 17.2. The number of para-hydroxylation sites is 1. The molecule has 1 atom stereocenters. The molecule has 0 N–H and O–H groups in total. The van der Waals surface area contributed by atoms with Gasteiger partial charge in [0.1, 0.15) is 5.75 Å². The van der Waals surface area contributed by atoms with Crippen LogP contribution in [-0.2, 0) is 9.78 Å².